The van der Waals surface area contributed by atoms with Crippen LogP contribution in [0.5, 0.6) is 0 Å². The Labute approximate surface area is 167 Å². The van der Waals surface area contributed by atoms with Crippen molar-refractivity contribution in [2.75, 3.05) is 6.54 Å². The Morgan fingerprint density at radius 3 is 2.33 bits per heavy atom. The molecule has 0 saturated heterocycles. The second kappa shape index (κ2) is 10.9. The van der Waals surface area contributed by atoms with Gasteiger partial charge in [0.1, 0.15) is 0 Å². The summed E-state index contributed by atoms with van der Waals surface area (Å²) in [6, 6.07) is 4.23. The highest BCUT2D eigenvalue weighted by molar-refractivity contribution is 6.36. The Bertz CT molecular complexity index is 717. The maximum Gasteiger partial charge on any atom is 0.250 e. The van der Waals surface area contributed by atoms with Crippen molar-refractivity contribution in [1.29, 1.82) is 0 Å². The number of hydrogen-bond acceptors (Lipinski definition) is 4. The Hall–Kier alpha value is -2.16. The number of carbonyl (C=O) groups is 3. The van der Waals surface area contributed by atoms with Gasteiger partial charge in [0, 0.05) is 23.0 Å². The van der Waals surface area contributed by atoms with E-state index in [0.29, 0.717) is 15.6 Å². The predicted molar refractivity (Wildman–Crippen MR) is 105 cm³/mol. The van der Waals surface area contributed by atoms with Crippen LogP contribution in [-0.4, -0.2) is 36.3 Å². The molecular formula is C17H23Cl2N5O3. The monoisotopic (exact) mass is 415 g/mol. The largest absolute Gasteiger partial charge is 0.369 e. The van der Waals surface area contributed by atoms with Crippen molar-refractivity contribution >= 4 is 46.9 Å². The third kappa shape index (κ3) is 7.94. The van der Waals surface area contributed by atoms with Crippen molar-refractivity contribution in [3.05, 3.63) is 33.8 Å². The van der Waals surface area contributed by atoms with Gasteiger partial charge in [0.05, 0.1) is 12.5 Å². The summed E-state index contributed by atoms with van der Waals surface area (Å²) in [5.41, 5.74) is 11.7. The van der Waals surface area contributed by atoms with Gasteiger partial charge in [0.2, 0.25) is 17.8 Å². The van der Waals surface area contributed by atoms with Crippen LogP contribution < -0.4 is 22.1 Å². The number of amides is 3. The maximum atomic E-state index is 12.0. The first-order valence-corrected chi connectivity index (χ1v) is 9.00. The first-order valence-electron chi connectivity index (χ1n) is 8.24. The molecule has 0 heterocycles. The van der Waals surface area contributed by atoms with E-state index in [0.717, 1.165) is 0 Å². The van der Waals surface area contributed by atoms with E-state index in [4.69, 9.17) is 34.7 Å². The normalized spacial score (nSPS) is 12.6. The number of aliphatic imine (C=N–C) groups is 1. The maximum absolute atomic E-state index is 12.0. The lowest BCUT2D eigenvalue weighted by Gasteiger charge is -2.14. The molecule has 148 valence electrons. The first-order chi connectivity index (χ1) is 12.6. The summed E-state index contributed by atoms with van der Waals surface area (Å²) in [5.74, 6) is -1.83. The topological polar surface area (TPSA) is 140 Å². The van der Waals surface area contributed by atoms with Crippen LogP contribution in [0, 0.1) is 5.92 Å². The predicted octanol–water partition coefficient (Wildman–Crippen LogP) is 0.983. The third-order valence-corrected chi connectivity index (χ3v) is 4.28. The quantitative estimate of drug-likeness (QED) is 0.388. The van der Waals surface area contributed by atoms with E-state index in [-0.39, 0.29) is 37.2 Å². The van der Waals surface area contributed by atoms with Crippen LogP contribution in [0.25, 0.3) is 0 Å². The summed E-state index contributed by atoms with van der Waals surface area (Å²) in [6.45, 7) is 3.70. The van der Waals surface area contributed by atoms with E-state index in [1.807, 2.05) is 13.8 Å². The Kier molecular flexibility index (Phi) is 9.20. The Balaban J connectivity index is 2.48. The van der Waals surface area contributed by atoms with Gasteiger partial charge < -0.3 is 16.8 Å². The molecular weight excluding hydrogens is 393 g/mol. The SMILES string of the molecule is CC(C)C(N)C(=O)NCCC(=O)N=C(N)NC(=O)Cc1c(Cl)cccc1Cl. The fourth-order valence-corrected chi connectivity index (χ4v) is 2.51. The summed E-state index contributed by atoms with van der Waals surface area (Å²) in [5, 5.41) is 5.53. The molecule has 3 amide bonds. The van der Waals surface area contributed by atoms with Crippen molar-refractivity contribution in [2.45, 2.75) is 32.7 Å². The van der Waals surface area contributed by atoms with Crippen LogP contribution in [0.15, 0.2) is 23.2 Å². The van der Waals surface area contributed by atoms with Gasteiger partial charge in [-0.1, -0.05) is 43.1 Å². The molecule has 0 aliphatic rings. The van der Waals surface area contributed by atoms with E-state index in [1.54, 1.807) is 18.2 Å². The first kappa shape index (κ1) is 22.9. The van der Waals surface area contributed by atoms with Crippen molar-refractivity contribution in [2.24, 2.45) is 22.4 Å². The number of hydrogen-bond donors (Lipinski definition) is 4. The van der Waals surface area contributed by atoms with Crippen LogP contribution in [0.1, 0.15) is 25.8 Å². The molecule has 10 heteroatoms. The number of halogens is 2. The van der Waals surface area contributed by atoms with Crippen LogP contribution in [0.3, 0.4) is 0 Å². The number of carbonyl (C=O) groups excluding carboxylic acids is 3. The van der Waals surface area contributed by atoms with Gasteiger partial charge >= 0.3 is 0 Å². The molecule has 0 aromatic heterocycles. The number of nitrogens with two attached hydrogens (primary N) is 2. The molecule has 1 aromatic rings. The molecule has 6 N–H and O–H groups in total. The van der Waals surface area contributed by atoms with Crippen molar-refractivity contribution in [1.82, 2.24) is 10.6 Å². The fourth-order valence-electron chi connectivity index (χ4n) is 1.98. The highest BCUT2D eigenvalue weighted by Gasteiger charge is 2.17. The van der Waals surface area contributed by atoms with Gasteiger partial charge in [0.25, 0.3) is 5.91 Å². The molecule has 0 bridgehead atoms. The van der Waals surface area contributed by atoms with Crippen LogP contribution in [-0.2, 0) is 20.8 Å². The van der Waals surface area contributed by atoms with Crippen LogP contribution in [0.4, 0.5) is 0 Å². The van der Waals surface area contributed by atoms with E-state index < -0.39 is 17.9 Å². The summed E-state index contributed by atoms with van der Waals surface area (Å²) in [7, 11) is 0. The second-order valence-electron chi connectivity index (χ2n) is 6.13. The van der Waals surface area contributed by atoms with Gasteiger partial charge in [-0.05, 0) is 23.6 Å². The second-order valence-corrected chi connectivity index (χ2v) is 6.94. The third-order valence-electron chi connectivity index (χ3n) is 3.57. The number of nitrogens with one attached hydrogen (secondary N) is 2. The number of rotatable bonds is 7. The van der Waals surface area contributed by atoms with E-state index in [1.165, 1.54) is 0 Å². The number of benzene rings is 1. The molecule has 0 spiro atoms. The fraction of sp³-hybridized carbons (Fsp3) is 0.412. The smallest absolute Gasteiger partial charge is 0.250 e. The summed E-state index contributed by atoms with van der Waals surface area (Å²) in [6.07, 6.45) is -0.199. The molecule has 0 radical (unpaired) electrons. The molecule has 0 saturated carbocycles. The van der Waals surface area contributed by atoms with Gasteiger partial charge in [-0.2, -0.15) is 4.99 Å². The number of guanidine groups is 1. The summed E-state index contributed by atoms with van der Waals surface area (Å²) >= 11 is 12.0. The minimum atomic E-state index is -0.649. The van der Waals surface area contributed by atoms with Gasteiger partial charge in [-0.3, -0.25) is 19.7 Å². The molecule has 8 nitrogen and oxygen atoms in total. The van der Waals surface area contributed by atoms with Gasteiger partial charge in [-0.15, -0.1) is 0 Å². The van der Waals surface area contributed by atoms with E-state index in [2.05, 4.69) is 15.6 Å². The summed E-state index contributed by atoms with van der Waals surface area (Å²) < 4.78 is 0. The lowest BCUT2D eigenvalue weighted by Crippen LogP contribution is -2.44. The Morgan fingerprint density at radius 1 is 1.19 bits per heavy atom. The molecule has 1 rings (SSSR count). The average Bonchev–Trinajstić information content (AvgIpc) is 2.57. The van der Waals surface area contributed by atoms with Gasteiger partial charge in [0.15, 0.2) is 0 Å². The molecule has 27 heavy (non-hydrogen) atoms. The molecule has 1 unspecified atom stereocenters. The zero-order chi connectivity index (χ0) is 20.6. The van der Waals surface area contributed by atoms with Crippen molar-refractivity contribution < 1.29 is 14.4 Å². The van der Waals surface area contributed by atoms with E-state index >= 15 is 0 Å². The van der Waals surface area contributed by atoms with Crippen molar-refractivity contribution in [3.8, 4) is 0 Å². The lowest BCUT2D eigenvalue weighted by molar-refractivity contribution is -0.123. The number of nitrogens with zero attached hydrogens (tertiary/aromatic N) is 1. The highest BCUT2D eigenvalue weighted by atomic mass is 35.5. The van der Waals surface area contributed by atoms with Gasteiger partial charge in [-0.25, -0.2) is 0 Å². The highest BCUT2D eigenvalue weighted by Crippen LogP contribution is 2.24. The zero-order valence-corrected chi connectivity index (χ0v) is 16.6. The van der Waals surface area contributed by atoms with Crippen LogP contribution >= 0.6 is 23.2 Å². The van der Waals surface area contributed by atoms with Crippen molar-refractivity contribution in [3.63, 3.8) is 0 Å². The lowest BCUT2D eigenvalue weighted by atomic mass is 10.1. The van der Waals surface area contributed by atoms with Crippen LogP contribution in [0.2, 0.25) is 10.0 Å². The molecule has 0 fully saturated rings. The molecule has 0 aliphatic carbocycles. The minimum Gasteiger partial charge on any atom is -0.369 e. The Morgan fingerprint density at radius 2 is 1.78 bits per heavy atom. The average molecular weight is 416 g/mol. The molecule has 1 aromatic carbocycles. The molecule has 0 aliphatic heterocycles. The zero-order valence-electron chi connectivity index (χ0n) is 15.1. The molecule has 1 atom stereocenters. The standard InChI is InChI=1S/C17H23Cl2N5O3/c1-9(2)15(20)16(27)22-7-6-13(25)23-17(21)24-14(26)8-10-11(18)4-3-5-12(10)19/h3-5,9,15H,6-8,20H2,1-2H3,(H,22,27)(H3,21,23,24,25,26). The minimum absolute atomic E-state index is 0.0174. The summed E-state index contributed by atoms with van der Waals surface area (Å²) in [4.78, 5) is 39.0. The van der Waals surface area contributed by atoms with E-state index in [9.17, 15) is 14.4 Å².